The first kappa shape index (κ1) is 17.2. The van der Waals surface area contributed by atoms with E-state index in [2.05, 4.69) is 33.9 Å². The van der Waals surface area contributed by atoms with Crippen molar-refractivity contribution in [2.24, 2.45) is 0 Å². The molecular formula is C22H17N3OS. The number of thiazole rings is 1. The van der Waals surface area contributed by atoms with Crippen molar-refractivity contribution < 1.29 is 0 Å². The summed E-state index contributed by atoms with van der Waals surface area (Å²) in [7, 11) is 0. The molecule has 4 nitrogen and oxygen atoms in total. The van der Waals surface area contributed by atoms with Crippen molar-refractivity contribution in [1.82, 2.24) is 9.97 Å². The highest BCUT2D eigenvalue weighted by Gasteiger charge is 2.18. The predicted molar refractivity (Wildman–Crippen MR) is 111 cm³/mol. The molecule has 132 valence electrons. The van der Waals surface area contributed by atoms with Crippen LogP contribution in [0.2, 0.25) is 0 Å². The summed E-state index contributed by atoms with van der Waals surface area (Å²) in [5.74, 6) is 0. The number of pyridine rings is 1. The summed E-state index contributed by atoms with van der Waals surface area (Å²) >= 11 is 1.52. The Balaban J connectivity index is 2.13. The molecule has 1 N–H and O–H groups in total. The van der Waals surface area contributed by atoms with Crippen molar-refractivity contribution in [1.29, 1.82) is 0 Å². The van der Waals surface area contributed by atoms with Gasteiger partial charge in [-0.2, -0.15) is 0 Å². The zero-order valence-corrected chi connectivity index (χ0v) is 15.9. The van der Waals surface area contributed by atoms with E-state index in [1.807, 2.05) is 30.5 Å². The second-order valence-corrected chi connectivity index (χ2v) is 7.41. The lowest BCUT2D eigenvalue weighted by molar-refractivity contribution is 1.14. The van der Waals surface area contributed by atoms with Crippen LogP contribution in [-0.4, -0.2) is 9.97 Å². The zero-order chi connectivity index (χ0) is 19.0. The summed E-state index contributed by atoms with van der Waals surface area (Å²) < 4.78 is 0. The second-order valence-electron chi connectivity index (χ2n) is 6.35. The average molecular weight is 371 g/mol. The van der Waals surface area contributed by atoms with Crippen LogP contribution in [0.25, 0.3) is 38.1 Å². The van der Waals surface area contributed by atoms with Gasteiger partial charge in [-0.3, -0.25) is 4.79 Å². The van der Waals surface area contributed by atoms with Crippen LogP contribution < -0.4 is 5.56 Å². The Morgan fingerprint density at radius 3 is 2.56 bits per heavy atom. The summed E-state index contributed by atoms with van der Waals surface area (Å²) in [6, 6.07) is 13.6. The molecule has 0 saturated carbocycles. The molecule has 2 aromatic carbocycles. The molecule has 4 rings (SSSR count). The lowest BCUT2D eigenvalue weighted by Crippen LogP contribution is -2.11. The third kappa shape index (κ3) is 3.05. The fourth-order valence-corrected chi connectivity index (χ4v) is 3.88. The van der Waals surface area contributed by atoms with E-state index >= 15 is 0 Å². The number of aromatic nitrogens is 2. The number of aryl methyl sites for hydroxylation is 2. The number of benzene rings is 2. The fourth-order valence-electron chi connectivity index (χ4n) is 3.28. The standard InChI is InChI=1S/C22H17N3OS/c1-4-14-5-7-15(8-6-14)20-17-11-16(23-3)9-10-18(17)25-22(26)21(20)19-12-27-13(2)24-19/h5-12H,4H2,1-2H3,(H,25,26). The van der Waals surface area contributed by atoms with Gasteiger partial charge in [0.15, 0.2) is 5.69 Å². The molecule has 0 aliphatic heterocycles. The molecule has 0 radical (unpaired) electrons. The van der Waals surface area contributed by atoms with Gasteiger partial charge < -0.3 is 4.98 Å². The molecule has 27 heavy (non-hydrogen) atoms. The fraction of sp³-hybridized carbons (Fsp3) is 0.136. The topological polar surface area (TPSA) is 50.1 Å². The molecule has 0 atom stereocenters. The van der Waals surface area contributed by atoms with Gasteiger partial charge in [0.25, 0.3) is 5.56 Å². The van der Waals surface area contributed by atoms with E-state index in [9.17, 15) is 4.79 Å². The van der Waals surface area contributed by atoms with E-state index in [1.165, 1.54) is 16.9 Å². The first-order valence-electron chi connectivity index (χ1n) is 8.70. The van der Waals surface area contributed by atoms with E-state index in [1.54, 1.807) is 12.1 Å². The van der Waals surface area contributed by atoms with Gasteiger partial charge in [-0.1, -0.05) is 37.3 Å². The van der Waals surface area contributed by atoms with Gasteiger partial charge in [-0.25, -0.2) is 9.83 Å². The van der Waals surface area contributed by atoms with Crippen LogP contribution in [0.15, 0.2) is 52.6 Å². The number of rotatable bonds is 3. The number of nitrogens with one attached hydrogen (secondary N) is 1. The maximum atomic E-state index is 13.0. The highest BCUT2D eigenvalue weighted by atomic mass is 32.1. The molecule has 4 aromatic rings. The quantitative estimate of drug-likeness (QED) is 0.467. The average Bonchev–Trinajstić information content (AvgIpc) is 3.12. The molecule has 0 amide bonds. The van der Waals surface area contributed by atoms with E-state index in [4.69, 9.17) is 6.57 Å². The first-order valence-corrected chi connectivity index (χ1v) is 9.58. The lowest BCUT2D eigenvalue weighted by Gasteiger charge is -2.13. The Morgan fingerprint density at radius 2 is 1.93 bits per heavy atom. The van der Waals surface area contributed by atoms with Crippen molar-refractivity contribution >= 4 is 27.9 Å². The van der Waals surface area contributed by atoms with Gasteiger partial charge in [-0.15, -0.1) is 11.3 Å². The van der Waals surface area contributed by atoms with Crippen molar-refractivity contribution in [3.05, 3.63) is 80.2 Å². The van der Waals surface area contributed by atoms with Gasteiger partial charge in [0.1, 0.15) is 0 Å². The smallest absolute Gasteiger partial charge is 0.258 e. The molecule has 0 saturated heterocycles. The molecule has 2 aromatic heterocycles. The van der Waals surface area contributed by atoms with Crippen LogP contribution in [0.4, 0.5) is 5.69 Å². The van der Waals surface area contributed by atoms with E-state index < -0.39 is 0 Å². The van der Waals surface area contributed by atoms with Gasteiger partial charge in [0, 0.05) is 16.5 Å². The lowest BCUT2D eigenvalue weighted by atomic mass is 9.94. The van der Waals surface area contributed by atoms with Crippen LogP contribution >= 0.6 is 11.3 Å². The molecule has 5 heteroatoms. The number of hydrogen-bond acceptors (Lipinski definition) is 3. The molecule has 0 unspecified atom stereocenters. The molecule has 0 bridgehead atoms. The third-order valence-electron chi connectivity index (χ3n) is 4.65. The van der Waals surface area contributed by atoms with Crippen molar-refractivity contribution in [3.8, 4) is 22.4 Å². The highest BCUT2D eigenvalue weighted by Crippen LogP contribution is 2.37. The second kappa shape index (κ2) is 6.82. The Bertz CT molecular complexity index is 1240. The summed E-state index contributed by atoms with van der Waals surface area (Å²) in [5, 5.41) is 3.67. The number of nitrogens with zero attached hydrogens (tertiary/aromatic N) is 2. The largest absolute Gasteiger partial charge is 0.321 e. The van der Waals surface area contributed by atoms with Gasteiger partial charge in [0.2, 0.25) is 0 Å². The first-order chi connectivity index (χ1) is 13.1. The minimum absolute atomic E-state index is 0.169. The molecule has 0 aliphatic carbocycles. The van der Waals surface area contributed by atoms with Crippen molar-refractivity contribution in [2.45, 2.75) is 20.3 Å². The van der Waals surface area contributed by atoms with Crippen LogP contribution in [0, 0.1) is 13.5 Å². The maximum absolute atomic E-state index is 13.0. The molecule has 0 fully saturated rings. The van der Waals surface area contributed by atoms with E-state index in [0.717, 1.165) is 33.5 Å². The summed E-state index contributed by atoms with van der Waals surface area (Å²) in [5.41, 5.74) is 5.33. The Hall–Kier alpha value is -3.23. The van der Waals surface area contributed by atoms with Gasteiger partial charge in [-0.05, 0) is 42.0 Å². The SMILES string of the molecule is [C-]#[N+]c1ccc2[nH]c(=O)c(-c3csc(C)n3)c(-c3ccc(CC)cc3)c2c1. The van der Waals surface area contributed by atoms with Crippen LogP contribution in [-0.2, 0) is 6.42 Å². The molecule has 2 heterocycles. The third-order valence-corrected chi connectivity index (χ3v) is 5.43. The van der Waals surface area contributed by atoms with Crippen LogP contribution in [0.3, 0.4) is 0 Å². The molecule has 0 aliphatic rings. The minimum atomic E-state index is -0.169. The summed E-state index contributed by atoms with van der Waals surface area (Å²) in [6.07, 6.45) is 0.955. The van der Waals surface area contributed by atoms with Crippen molar-refractivity contribution in [3.63, 3.8) is 0 Å². The predicted octanol–water partition coefficient (Wildman–Crippen LogP) is 5.74. The minimum Gasteiger partial charge on any atom is -0.321 e. The molecular weight excluding hydrogens is 354 g/mol. The van der Waals surface area contributed by atoms with Crippen LogP contribution in [0.1, 0.15) is 17.5 Å². The van der Waals surface area contributed by atoms with E-state index in [0.29, 0.717) is 16.9 Å². The number of hydrogen-bond donors (Lipinski definition) is 1. The number of aromatic amines is 1. The Morgan fingerprint density at radius 1 is 1.15 bits per heavy atom. The Labute approximate surface area is 161 Å². The van der Waals surface area contributed by atoms with Crippen molar-refractivity contribution in [2.75, 3.05) is 0 Å². The maximum Gasteiger partial charge on any atom is 0.258 e. The number of fused-ring (bicyclic) bond motifs is 1. The molecule has 0 spiro atoms. The Kier molecular flexibility index (Phi) is 4.35. The van der Waals surface area contributed by atoms with Crippen LogP contribution in [0.5, 0.6) is 0 Å². The monoisotopic (exact) mass is 371 g/mol. The van der Waals surface area contributed by atoms with Gasteiger partial charge >= 0.3 is 0 Å². The number of H-pyrrole nitrogens is 1. The normalized spacial score (nSPS) is 10.9. The zero-order valence-electron chi connectivity index (χ0n) is 15.0. The van der Waals surface area contributed by atoms with Gasteiger partial charge in [0.05, 0.1) is 22.8 Å². The highest BCUT2D eigenvalue weighted by molar-refractivity contribution is 7.09. The summed E-state index contributed by atoms with van der Waals surface area (Å²) in [4.78, 5) is 24.0. The van der Waals surface area contributed by atoms with E-state index in [-0.39, 0.29) is 5.56 Å². The summed E-state index contributed by atoms with van der Waals surface area (Å²) in [6.45, 7) is 11.4.